The minimum Gasteiger partial charge on any atom is -0.343 e. The number of rotatable bonds is 3. The van der Waals surface area contributed by atoms with Crippen molar-refractivity contribution < 1.29 is 14.0 Å². The quantitative estimate of drug-likeness (QED) is 0.867. The van der Waals surface area contributed by atoms with Crippen LogP contribution in [0.25, 0.3) is 0 Å². The summed E-state index contributed by atoms with van der Waals surface area (Å²) in [6.45, 7) is 3.03. The van der Waals surface area contributed by atoms with Crippen molar-refractivity contribution in [3.63, 3.8) is 0 Å². The number of hydrogen-bond acceptors (Lipinski definition) is 3. The molecule has 1 fully saturated rings. The van der Waals surface area contributed by atoms with E-state index in [1.807, 2.05) is 7.05 Å². The third-order valence-electron chi connectivity index (χ3n) is 3.36. The third kappa shape index (κ3) is 3.77. The highest BCUT2D eigenvalue weighted by molar-refractivity contribution is 5.96. The summed E-state index contributed by atoms with van der Waals surface area (Å²) in [5, 5.41) is 2.56. The van der Waals surface area contributed by atoms with Crippen LogP contribution in [0.5, 0.6) is 0 Å². The van der Waals surface area contributed by atoms with Crippen LogP contribution in [-0.4, -0.2) is 61.4 Å². The van der Waals surface area contributed by atoms with E-state index in [-0.39, 0.29) is 18.4 Å². The Kier molecular flexibility index (Phi) is 4.68. The standard InChI is InChI=1S/C14H18FN3O2/c1-17-6-8-18(9-7-17)13(19)10-16-14(20)11-2-4-12(15)5-3-11/h2-5H,6-10H2,1H3,(H,16,20). The van der Waals surface area contributed by atoms with E-state index in [2.05, 4.69) is 10.2 Å². The second-order valence-corrected chi connectivity index (χ2v) is 4.87. The Labute approximate surface area is 117 Å². The van der Waals surface area contributed by atoms with Crippen molar-refractivity contribution in [3.8, 4) is 0 Å². The van der Waals surface area contributed by atoms with Crippen LogP contribution in [0.2, 0.25) is 0 Å². The van der Waals surface area contributed by atoms with Gasteiger partial charge in [0, 0.05) is 31.7 Å². The molecule has 1 N–H and O–H groups in total. The lowest BCUT2D eigenvalue weighted by molar-refractivity contribution is -0.131. The van der Waals surface area contributed by atoms with Crippen LogP contribution in [0.4, 0.5) is 4.39 Å². The lowest BCUT2D eigenvalue weighted by Gasteiger charge is -2.32. The molecule has 1 aromatic rings. The van der Waals surface area contributed by atoms with Gasteiger partial charge in [-0.1, -0.05) is 0 Å². The molecule has 0 radical (unpaired) electrons. The van der Waals surface area contributed by atoms with Crippen LogP contribution >= 0.6 is 0 Å². The number of carbonyl (C=O) groups is 2. The van der Waals surface area contributed by atoms with Crippen LogP contribution in [0.15, 0.2) is 24.3 Å². The number of hydrogen-bond donors (Lipinski definition) is 1. The van der Waals surface area contributed by atoms with Crippen LogP contribution < -0.4 is 5.32 Å². The van der Waals surface area contributed by atoms with Gasteiger partial charge in [-0.2, -0.15) is 0 Å². The molecule has 1 aromatic carbocycles. The number of likely N-dealkylation sites (N-methyl/N-ethyl adjacent to an activating group) is 1. The maximum atomic E-state index is 12.7. The van der Waals surface area contributed by atoms with Gasteiger partial charge in [-0.25, -0.2) is 4.39 Å². The average molecular weight is 279 g/mol. The molecule has 2 amide bonds. The SMILES string of the molecule is CN1CCN(C(=O)CNC(=O)c2ccc(F)cc2)CC1. The monoisotopic (exact) mass is 279 g/mol. The highest BCUT2D eigenvalue weighted by Gasteiger charge is 2.19. The molecule has 0 saturated carbocycles. The molecule has 1 heterocycles. The molecule has 0 unspecified atom stereocenters. The van der Waals surface area contributed by atoms with Crippen molar-refractivity contribution in [3.05, 3.63) is 35.6 Å². The highest BCUT2D eigenvalue weighted by Crippen LogP contribution is 2.03. The zero-order valence-electron chi connectivity index (χ0n) is 11.4. The molecule has 1 aliphatic heterocycles. The number of amides is 2. The Hall–Kier alpha value is -1.95. The van der Waals surface area contributed by atoms with E-state index in [0.29, 0.717) is 18.7 Å². The van der Waals surface area contributed by atoms with Gasteiger partial charge < -0.3 is 15.1 Å². The Morgan fingerprint density at radius 3 is 2.35 bits per heavy atom. The molecular formula is C14H18FN3O2. The number of nitrogens with zero attached hydrogens (tertiary/aromatic N) is 2. The summed E-state index contributed by atoms with van der Waals surface area (Å²) in [4.78, 5) is 27.6. The fraction of sp³-hybridized carbons (Fsp3) is 0.429. The number of nitrogens with one attached hydrogen (secondary N) is 1. The Morgan fingerprint density at radius 1 is 1.15 bits per heavy atom. The first-order valence-electron chi connectivity index (χ1n) is 6.56. The topological polar surface area (TPSA) is 52.6 Å². The van der Waals surface area contributed by atoms with Gasteiger partial charge in [-0.3, -0.25) is 9.59 Å². The van der Waals surface area contributed by atoms with Gasteiger partial charge in [0.25, 0.3) is 5.91 Å². The molecule has 5 nitrogen and oxygen atoms in total. The van der Waals surface area contributed by atoms with Crippen molar-refractivity contribution in [1.82, 2.24) is 15.1 Å². The second kappa shape index (κ2) is 6.47. The lowest BCUT2D eigenvalue weighted by atomic mass is 10.2. The van der Waals surface area contributed by atoms with E-state index in [0.717, 1.165) is 13.1 Å². The van der Waals surface area contributed by atoms with Gasteiger partial charge in [0.05, 0.1) is 6.54 Å². The molecule has 0 spiro atoms. The van der Waals surface area contributed by atoms with E-state index in [9.17, 15) is 14.0 Å². The van der Waals surface area contributed by atoms with Crippen molar-refractivity contribution in [2.24, 2.45) is 0 Å². The van der Waals surface area contributed by atoms with Gasteiger partial charge in [-0.05, 0) is 31.3 Å². The summed E-state index contributed by atoms with van der Waals surface area (Å²) in [5.41, 5.74) is 0.345. The summed E-state index contributed by atoms with van der Waals surface area (Å²) in [5.74, 6) is -0.851. The lowest BCUT2D eigenvalue weighted by Crippen LogP contribution is -2.50. The molecule has 0 bridgehead atoms. The zero-order chi connectivity index (χ0) is 14.5. The smallest absolute Gasteiger partial charge is 0.251 e. The average Bonchev–Trinajstić information content (AvgIpc) is 2.46. The van der Waals surface area contributed by atoms with Crippen molar-refractivity contribution >= 4 is 11.8 Å². The van der Waals surface area contributed by atoms with Crippen LogP contribution in [0.1, 0.15) is 10.4 Å². The molecule has 1 aliphatic rings. The predicted molar refractivity (Wildman–Crippen MR) is 72.8 cm³/mol. The largest absolute Gasteiger partial charge is 0.343 e. The fourth-order valence-electron chi connectivity index (χ4n) is 2.03. The van der Waals surface area contributed by atoms with Gasteiger partial charge in [0.1, 0.15) is 5.82 Å². The molecule has 0 atom stereocenters. The minimum atomic E-state index is -0.393. The van der Waals surface area contributed by atoms with E-state index >= 15 is 0 Å². The number of halogens is 1. The summed E-state index contributed by atoms with van der Waals surface area (Å²) in [6.07, 6.45) is 0. The molecule has 20 heavy (non-hydrogen) atoms. The summed E-state index contributed by atoms with van der Waals surface area (Å²) in [6, 6.07) is 5.23. The van der Waals surface area contributed by atoms with E-state index in [1.165, 1.54) is 24.3 Å². The van der Waals surface area contributed by atoms with Gasteiger partial charge in [0.15, 0.2) is 0 Å². The Balaban J connectivity index is 1.81. The number of benzene rings is 1. The third-order valence-corrected chi connectivity index (χ3v) is 3.36. The van der Waals surface area contributed by atoms with Crippen LogP contribution in [0.3, 0.4) is 0 Å². The van der Waals surface area contributed by atoms with E-state index < -0.39 is 5.82 Å². The molecule has 108 valence electrons. The highest BCUT2D eigenvalue weighted by atomic mass is 19.1. The predicted octanol–water partition coefficient (Wildman–Crippen LogP) is 0.330. The van der Waals surface area contributed by atoms with Gasteiger partial charge in [-0.15, -0.1) is 0 Å². The molecule has 6 heteroatoms. The Morgan fingerprint density at radius 2 is 1.75 bits per heavy atom. The Bertz CT molecular complexity index is 482. The first-order chi connectivity index (χ1) is 9.56. The van der Waals surface area contributed by atoms with E-state index in [4.69, 9.17) is 0 Å². The molecular weight excluding hydrogens is 261 g/mol. The van der Waals surface area contributed by atoms with Crippen molar-refractivity contribution in [1.29, 1.82) is 0 Å². The minimum absolute atomic E-state index is 0.0279. The first-order valence-corrected chi connectivity index (χ1v) is 6.56. The summed E-state index contributed by atoms with van der Waals surface area (Å²) >= 11 is 0. The zero-order valence-corrected chi connectivity index (χ0v) is 11.4. The fourth-order valence-corrected chi connectivity index (χ4v) is 2.03. The molecule has 0 aliphatic carbocycles. The van der Waals surface area contributed by atoms with Crippen molar-refractivity contribution in [2.75, 3.05) is 39.8 Å². The van der Waals surface area contributed by atoms with Gasteiger partial charge >= 0.3 is 0 Å². The first kappa shape index (κ1) is 14.5. The molecule has 0 aromatic heterocycles. The summed E-state index contributed by atoms with van der Waals surface area (Å²) < 4.78 is 12.7. The van der Waals surface area contributed by atoms with Gasteiger partial charge in [0.2, 0.25) is 5.91 Å². The van der Waals surface area contributed by atoms with Crippen LogP contribution in [0, 0.1) is 5.82 Å². The molecule has 1 saturated heterocycles. The van der Waals surface area contributed by atoms with Crippen LogP contribution in [-0.2, 0) is 4.79 Å². The summed E-state index contributed by atoms with van der Waals surface area (Å²) in [7, 11) is 2.01. The molecule has 2 rings (SSSR count). The van der Waals surface area contributed by atoms with E-state index in [1.54, 1.807) is 4.90 Å². The maximum Gasteiger partial charge on any atom is 0.251 e. The van der Waals surface area contributed by atoms with Crippen molar-refractivity contribution in [2.45, 2.75) is 0 Å². The second-order valence-electron chi connectivity index (χ2n) is 4.87. The normalized spacial score (nSPS) is 16.0. The maximum absolute atomic E-state index is 12.7. The number of piperazine rings is 1. The number of carbonyl (C=O) groups excluding carboxylic acids is 2.